The van der Waals surface area contributed by atoms with Crippen LogP contribution in [0, 0.1) is 11.3 Å². The molecule has 0 aromatic heterocycles. The molecular weight excluding hydrogens is 166 g/mol. The summed E-state index contributed by atoms with van der Waals surface area (Å²) in [5, 5.41) is 11.7. The van der Waals surface area contributed by atoms with Crippen molar-refractivity contribution in [2.45, 2.75) is 0 Å². The number of rotatable bonds is 2. The van der Waals surface area contributed by atoms with Crippen LogP contribution in [0.15, 0.2) is 35.4 Å². The Kier molecular flexibility index (Phi) is 3.21. The van der Waals surface area contributed by atoms with E-state index in [1.54, 1.807) is 0 Å². The van der Waals surface area contributed by atoms with Gasteiger partial charge in [0.15, 0.2) is 6.07 Å². The summed E-state index contributed by atoms with van der Waals surface area (Å²) >= 11 is 0. The van der Waals surface area contributed by atoms with Gasteiger partial charge in [-0.3, -0.25) is 4.79 Å². The van der Waals surface area contributed by atoms with E-state index in [-0.39, 0.29) is 0 Å². The standard InChI is InChI=1S/C9H7N3O/c10-6-9(13)12-11-7-8-4-2-1-3-5-8/h1-5,7H,(H,12,13)/b11-7-. The lowest BCUT2D eigenvalue weighted by Gasteiger charge is -1.90. The molecule has 0 bridgehead atoms. The first-order chi connectivity index (χ1) is 6.33. The fourth-order valence-corrected chi connectivity index (χ4v) is 0.730. The zero-order chi connectivity index (χ0) is 9.52. The van der Waals surface area contributed by atoms with Crippen LogP contribution in [0.25, 0.3) is 0 Å². The van der Waals surface area contributed by atoms with Crippen LogP contribution in [0.3, 0.4) is 0 Å². The highest BCUT2D eigenvalue weighted by Crippen LogP contribution is 1.92. The lowest BCUT2D eigenvalue weighted by molar-refractivity contribution is -0.115. The number of benzene rings is 1. The quantitative estimate of drug-likeness (QED) is 0.405. The first kappa shape index (κ1) is 8.94. The maximum Gasteiger partial charge on any atom is 0.342 e. The summed E-state index contributed by atoms with van der Waals surface area (Å²) in [5.41, 5.74) is 2.91. The van der Waals surface area contributed by atoms with Gasteiger partial charge < -0.3 is 0 Å². The molecule has 0 fully saturated rings. The van der Waals surface area contributed by atoms with Gasteiger partial charge >= 0.3 is 5.91 Å². The van der Waals surface area contributed by atoms with Crippen LogP contribution in [0.2, 0.25) is 0 Å². The first-order valence-corrected chi connectivity index (χ1v) is 3.61. The third kappa shape index (κ3) is 3.16. The Labute approximate surface area is 75.5 Å². The summed E-state index contributed by atoms with van der Waals surface area (Å²) in [4.78, 5) is 10.4. The Morgan fingerprint density at radius 1 is 1.46 bits per heavy atom. The van der Waals surface area contributed by atoms with Crippen molar-refractivity contribution >= 4 is 12.1 Å². The summed E-state index contributed by atoms with van der Waals surface area (Å²) < 4.78 is 0. The minimum Gasteiger partial charge on any atom is -0.255 e. The highest BCUT2D eigenvalue weighted by Gasteiger charge is 1.90. The maximum absolute atomic E-state index is 10.4. The molecule has 0 spiro atoms. The number of hydrogen-bond acceptors (Lipinski definition) is 3. The Hall–Kier alpha value is -2.15. The van der Waals surface area contributed by atoms with Crippen molar-refractivity contribution in [3.8, 4) is 6.07 Å². The smallest absolute Gasteiger partial charge is 0.255 e. The minimum atomic E-state index is -0.771. The van der Waals surface area contributed by atoms with Gasteiger partial charge in [0.05, 0.1) is 6.21 Å². The van der Waals surface area contributed by atoms with Gasteiger partial charge in [-0.1, -0.05) is 30.3 Å². The largest absolute Gasteiger partial charge is 0.342 e. The van der Waals surface area contributed by atoms with E-state index in [0.29, 0.717) is 0 Å². The van der Waals surface area contributed by atoms with E-state index in [1.165, 1.54) is 12.3 Å². The Balaban J connectivity index is 2.51. The van der Waals surface area contributed by atoms with Crippen molar-refractivity contribution in [3.05, 3.63) is 35.9 Å². The second kappa shape index (κ2) is 4.67. The Morgan fingerprint density at radius 3 is 2.77 bits per heavy atom. The van der Waals surface area contributed by atoms with Crippen LogP contribution in [0.1, 0.15) is 5.56 Å². The molecule has 0 radical (unpaired) electrons. The number of nitriles is 1. The second-order valence-corrected chi connectivity index (χ2v) is 2.22. The average molecular weight is 173 g/mol. The summed E-state index contributed by atoms with van der Waals surface area (Å²) in [7, 11) is 0. The van der Waals surface area contributed by atoms with Gasteiger partial charge in [0.1, 0.15) is 0 Å². The van der Waals surface area contributed by atoms with Crippen molar-refractivity contribution in [1.29, 1.82) is 5.26 Å². The highest BCUT2D eigenvalue weighted by atomic mass is 16.2. The lowest BCUT2D eigenvalue weighted by atomic mass is 10.2. The van der Waals surface area contributed by atoms with Crippen LogP contribution in [-0.2, 0) is 4.79 Å². The molecule has 1 amide bonds. The molecule has 0 aliphatic heterocycles. The predicted octanol–water partition coefficient (Wildman–Crippen LogP) is 0.660. The molecule has 1 N–H and O–H groups in total. The first-order valence-electron chi connectivity index (χ1n) is 3.61. The maximum atomic E-state index is 10.4. The summed E-state index contributed by atoms with van der Waals surface area (Å²) in [6.07, 6.45) is 1.47. The molecule has 13 heavy (non-hydrogen) atoms. The van der Waals surface area contributed by atoms with Gasteiger partial charge in [0, 0.05) is 0 Å². The van der Waals surface area contributed by atoms with Gasteiger partial charge in [-0.25, -0.2) is 5.43 Å². The molecule has 0 aliphatic carbocycles. The fraction of sp³-hybridized carbons (Fsp3) is 0. The van der Waals surface area contributed by atoms with Crippen LogP contribution in [-0.4, -0.2) is 12.1 Å². The van der Waals surface area contributed by atoms with E-state index in [0.717, 1.165) is 5.56 Å². The fourth-order valence-electron chi connectivity index (χ4n) is 0.730. The third-order valence-corrected chi connectivity index (χ3v) is 1.28. The third-order valence-electron chi connectivity index (χ3n) is 1.28. The molecule has 0 aliphatic rings. The number of hydrazone groups is 1. The highest BCUT2D eigenvalue weighted by molar-refractivity contribution is 5.92. The molecule has 4 heteroatoms. The van der Waals surface area contributed by atoms with Gasteiger partial charge in [-0.05, 0) is 5.56 Å². The summed E-state index contributed by atoms with van der Waals surface area (Å²) in [5.74, 6) is -0.771. The number of nitrogens with zero attached hydrogens (tertiary/aromatic N) is 2. The van der Waals surface area contributed by atoms with Crippen LogP contribution < -0.4 is 5.43 Å². The number of amides is 1. The molecule has 0 unspecified atom stereocenters. The van der Waals surface area contributed by atoms with E-state index in [2.05, 4.69) is 10.5 Å². The molecule has 0 saturated heterocycles. The second-order valence-electron chi connectivity index (χ2n) is 2.22. The zero-order valence-corrected chi connectivity index (χ0v) is 6.77. The van der Waals surface area contributed by atoms with Crippen LogP contribution >= 0.6 is 0 Å². The monoisotopic (exact) mass is 173 g/mol. The van der Waals surface area contributed by atoms with E-state index in [9.17, 15) is 4.79 Å². The van der Waals surface area contributed by atoms with Crippen molar-refractivity contribution in [2.75, 3.05) is 0 Å². The molecule has 64 valence electrons. The van der Waals surface area contributed by atoms with Gasteiger partial charge in [-0.15, -0.1) is 0 Å². The molecule has 1 rings (SSSR count). The zero-order valence-electron chi connectivity index (χ0n) is 6.77. The predicted molar refractivity (Wildman–Crippen MR) is 47.8 cm³/mol. The molecule has 0 saturated carbocycles. The molecule has 0 atom stereocenters. The van der Waals surface area contributed by atoms with Crippen molar-refractivity contribution in [3.63, 3.8) is 0 Å². The SMILES string of the molecule is N#CC(=O)N/N=C\c1ccccc1. The van der Waals surface area contributed by atoms with E-state index in [1.807, 2.05) is 30.3 Å². The Morgan fingerprint density at radius 2 is 2.15 bits per heavy atom. The van der Waals surface area contributed by atoms with E-state index in [4.69, 9.17) is 5.26 Å². The summed E-state index contributed by atoms with van der Waals surface area (Å²) in [6, 6.07) is 10.6. The van der Waals surface area contributed by atoms with Gasteiger partial charge in [-0.2, -0.15) is 10.4 Å². The molecule has 4 nitrogen and oxygen atoms in total. The molecular formula is C9H7N3O. The van der Waals surface area contributed by atoms with Crippen molar-refractivity contribution < 1.29 is 4.79 Å². The Bertz CT molecular complexity index is 351. The van der Waals surface area contributed by atoms with E-state index < -0.39 is 5.91 Å². The van der Waals surface area contributed by atoms with Crippen LogP contribution in [0.4, 0.5) is 0 Å². The average Bonchev–Trinajstić information content (AvgIpc) is 2.19. The molecule has 1 aromatic carbocycles. The van der Waals surface area contributed by atoms with Gasteiger partial charge in [0.2, 0.25) is 0 Å². The topological polar surface area (TPSA) is 65.2 Å². The molecule has 0 heterocycles. The van der Waals surface area contributed by atoms with Crippen molar-refractivity contribution in [2.24, 2.45) is 5.10 Å². The number of nitrogens with one attached hydrogen (secondary N) is 1. The normalized spacial score (nSPS) is 9.46. The number of carbonyl (C=O) groups is 1. The number of hydrogen-bond donors (Lipinski definition) is 1. The summed E-state index contributed by atoms with van der Waals surface area (Å²) in [6.45, 7) is 0. The molecule has 1 aromatic rings. The minimum absolute atomic E-state index is 0.771. The van der Waals surface area contributed by atoms with Crippen LogP contribution in [0.5, 0.6) is 0 Å². The lowest BCUT2D eigenvalue weighted by Crippen LogP contribution is -2.14. The van der Waals surface area contributed by atoms with Crippen molar-refractivity contribution in [1.82, 2.24) is 5.43 Å². The van der Waals surface area contributed by atoms with E-state index >= 15 is 0 Å². The number of carbonyl (C=O) groups excluding carboxylic acids is 1. The van der Waals surface area contributed by atoms with Gasteiger partial charge in [0.25, 0.3) is 0 Å².